The molecule has 2 aliphatic rings. The number of pyridine rings is 1. The van der Waals surface area contributed by atoms with Gasteiger partial charge < -0.3 is 5.73 Å². The summed E-state index contributed by atoms with van der Waals surface area (Å²) in [5.74, 6) is 0. The number of nitrogens with zero attached hydrogens (tertiary/aromatic N) is 1. The second kappa shape index (κ2) is 8.61. The molecular formula is C31H31N2+. The molecule has 6 rings (SSSR count). The molecule has 0 radical (unpaired) electrons. The molecule has 0 spiro atoms. The Morgan fingerprint density at radius 3 is 1.73 bits per heavy atom. The van der Waals surface area contributed by atoms with Gasteiger partial charge in [-0.1, -0.05) is 66.7 Å². The number of rotatable bonds is 5. The van der Waals surface area contributed by atoms with Gasteiger partial charge in [0, 0.05) is 34.2 Å². The van der Waals surface area contributed by atoms with Crippen molar-refractivity contribution in [3.8, 4) is 33.6 Å². The van der Waals surface area contributed by atoms with Crippen molar-refractivity contribution in [1.82, 2.24) is 0 Å². The van der Waals surface area contributed by atoms with Gasteiger partial charge in [-0.25, -0.2) is 0 Å². The molecule has 1 aromatic heterocycles. The van der Waals surface area contributed by atoms with Crippen LogP contribution in [0.15, 0.2) is 78.9 Å². The van der Waals surface area contributed by atoms with Gasteiger partial charge in [-0.3, -0.25) is 0 Å². The van der Waals surface area contributed by atoms with E-state index in [1.807, 2.05) is 0 Å². The SMILES string of the molecule is NCCCC[n+]1c2c(c(-c3ccccc3)c3c1-c1ccccc1CC3)CCc1ccccc1-2. The fraction of sp³-hybridized carbons (Fsp3) is 0.258. The smallest absolute Gasteiger partial charge is 0.217 e. The maximum atomic E-state index is 5.91. The lowest BCUT2D eigenvalue weighted by atomic mass is 9.77. The minimum absolute atomic E-state index is 0.750. The summed E-state index contributed by atoms with van der Waals surface area (Å²) in [6, 6.07) is 29.2. The number of unbranched alkanes of at least 4 members (excludes halogenated alkanes) is 1. The van der Waals surface area contributed by atoms with E-state index in [0.29, 0.717) is 0 Å². The van der Waals surface area contributed by atoms with Crippen LogP contribution in [0.4, 0.5) is 0 Å². The van der Waals surface area contributed by atoms with E-state index in [9.17, 15) is 0 Å². The van der Waals surface area contributed by atoms with Crippen LogP contribution in [0.2, 0.25) is 0 Å². The molecule has 1 heterocycles. The molecule has 0 fully saturated rings. The normalized spacial score (nSPS) is 13.6. The number of nitrogens with two attached hydrogens (primary N) is 1. The van der Waals surface area contributed by atoms with Crippen molar-refractivity contribution >= 4 is 0 Å². The lowest BCUT2D eigenvalue weighted by molar-refractivity contribution is -0.676. The van der Waals surface area contributed by atoms with Crippen molar-refractivity contribution < 1.29 is 4.57 Å². The molecule has 2 aliphatic carbocycles. The van der Waals surface area contributed by atoms with Crippen LogP contribution >= 0.6 is 0 Å². The van der Waals surface area contributed by atoms with Gasteiger partial charge in [-0.2, -0.15) is 4.57 Å². The van der Waals surface area contributed by atoms with Crippen LogP contribution in [0.25, 0.3) is 33.6 Å². The second-order valence-electron chi connectivity index (χ2n) is 9.36. The summed E-state index contributed by atoms with van der Waals surface area (Å²) in [5.41, 5.74) is 20.5. The molecule has 2 nitrogen and oxygen atoms in total. The predicted octanol–water partition coefficient (Wildman–Crippen LogP) is 5.91. The van der Waals surface area contributed by atoms with Crippen molar-refractivity contribution in [2.45, 2.75) is 45.1 Å². The number of aromatic nitrogens is 1. The predicted molar refractivity (Wildman–Crippen MR) is 136 cm³/mol. The first-order valence-corrected chi connectivity index (χ1v) is 12.4. The summed E-state index contributed by atoms with van der Waals surface area (Å²) in [6.45, 7) is 1.76. The third-order valence-electron chi connectivity index (χ3n) is 7.45. The minimum atomic E-state index is 0.750. The Hall–Kier alpha value is -3.23. The Bertz CT molecular complexity index is 1240. The number of benzene rings is 3. The quantitative estimate of drug-likeness (QED) is 0.309. The molecule has 3 aromatic carbocycles. The second-order valence-corrected chi connectivity index (χ2v) is 9.36. The third kappa shape index (κ3) is 3.41. The monoisotopic (exact) mass is 431 g/mol. The maximum absolute atomic E-state index is 5.91. The van der Waals surface area contributed by atoms with E-state index in [0.717, 1.165) is 51.6 Å². The standard InChI is InChI=1S/C31H31N2/c32-20-8-9-21-33-30-25-14-6-4-10-22(25)16-18-27(30)29(24-12-2-1-3-13-24)28-19-17-23-11-5-7-15-26(23)31(28)33/h1-7,10-15H,8-9,16-21,32H2/q+1. The lowest BCUT2D eigenvalue weighted by Crippen LogP contribution is -2.43. The first-order chi connectivity index (χ1) is 16.4. The zero-order valence-electron chi connectivity index (χ0n) is 19.2. The molecule has 0 saturated carbocycles. The van der Waals surface area contributed by atoms with Crippen molar-refractivity contribution in [1.29, 1.82) is 0 Å². The number of aryl methyl sites for hydroxylation is 2. The van der Waals surface area contributed by atoms with E-state index in [4.69, 9.17) is 5.73 Å². The van der Waals surface area contributed by atoms with Gasteiger partial charge in [0.25, 0.3) is 0 Å². The third-order valence-corrected chi connectivity index (χ3v) is 7.45. The van der Waals surface area contributed by atoms with Gasteiger partial charge in [0.2, 0.25) is 11.4 Å². The highest BCUT2D eigenvalue weighted by atomic mass is 15.0. The highest BCUT2D eigenvalue weighted by molar-refractivity contribution is 5.85. The van der Waals surface area contributed by atoms with Gasteiger partial charge in [-0.15, -0.1) is 0 Å². The summed E-state index contributed by atoms with van der Waals surface area (Å²) < 4.78 is 2.67. The molecule has 164 valence electrons. The molecule has 4 aromatic rings. The first-order valence-electron chi connectivity index (χ1n) is 12.4. The first kappa shape index (κ1) is 20.4. The molecular weight excluding hydrogens is 400 g/mol. The number of fused-ring (bicyclic) bond motifs is 6. The van der Waals surface area contributed by atoms with Crippen molar-refractivity contribution in [2.75, 3.05) is 6.54 Å². The Morgan fingerprint density at radius 1 is 0.606 bits per heavy atom. The van der Waals surface area contributed by atoms with Gasteiger partial charge in [0.15, 0.2) is 0 Å². The van der Waals surface area contributed by atoms with Crippen LogP contribution in [0.5, 0.6) is 0 Å². The highest BCUT2D eigenvalue weighted by Gasteiger charge is 2.37. The van der Waals surface area contributed by atoms with Crippen molar-refractivity contribution in [3.05, 3.63) is 101 Å². The average molecular weight is 432 g/mol. The molecule has 0 aliphatic heterocycles. The van der Waals surface area contributed by atoms with E-state index in [1.54, 1.807) is 0 Å². The van der Waals surface area contributed by atoms with Crippen molar-refractivity contribution in [3.63, 3.8) is 0 Å². The minimum Gasteiger partial charge on any atom is -0.330 e. The number of hydrogen-bond acceptors (Lipinski definition) is 1. The lowest BCUT2D eigenvalue weighted by Gasteiger charge is -2.28. The fourth-order valence-electron chi connectivity index (χ4n) is 6.01. The molecule has 0 unspecified atom stereocenters. The average Bonchev–Trinajstić information content (AvgIpc) is 2.88. The van der Waals surface area contributed by atoms with Crippen LogP contribution in [0, 0.1) is 0 Å². The zero-order valence-corrected chi connectivity index (χ0v) is 19.2. The van der Waals surface area contributed by atoms with Crippen LogP contribution in [-0.2, 0) is 32.2 Å². The zero-order chi connectivity index (χ0) is 22.2. The van der Waals surface area contributed by atoms with Gasteiger partial charge in [0.1, 0.15) is 6.54 Å². The van der Waals surface area contributed by atoms with Crippen LogP contribution in [0.3, 0.4) is 0 Å². The largest absolute Gasteiger partial charge is 0.330 e. The summed E-state index contributed by atoms with van der Waals surface area (Å²) in [7, 11) is 0. The molecule has 0 bridgehead atoms. The molecule has 0 amide bonds. The molecule has 0 atom stereocenters. The molecule has 0 saturated heterocycles. The van der Waals surface area contributed by atoms with Gasteiger partial charge in [0.05, 0.1) is 0 Å². The van der Waals surface area contributed by atoms with E-state index in [-0.39, 0.29) is 0 Å². The maximum Gasteiger partial charge on any atom is 0.217 e. The highest BCUT2D eigenvalue weighted by Crippen LogP contribution is 2.44. The summed E-state index contributed by atoms with van der Waals surface area (Å²) in [5, 5.41) is 0. The molecule has 2 N–H and O–H groups in total. The van der Waals surface area contributed by atoms with Gasteiger partial charge >= 0.3 is 0 Å². The van der Waals surface area contributed by atoms with Crippen molar-refractivity contribution in [2.24, 2.45) is 5.73 Å². The summed E-state index contributed by atoms with van der Waals surface area (Å²) in [6.07, 6.45) is 6.59. The van der Waals surface area contributed by atoms with E-state index in [2.05, 4.69) is 83.4 Å². The summed E-state index contributed by atoms with van der Waals surface area (Å²) in [4.78, 5) is 0. The van der Waals surface area contributed by atoms with E-state index < -0.39 is 0 Å². The Morgan fingerprint density at radius 2 is 1.15 bits per heavy atom. The fourth-order valence-corrected chi connectivity index (χ4v) is 6.01. The number of hydrogen-bond donors (Lipinski definition) is 1. The summed E-state index contributed by atoms with van der Waals surface area (Å²) >= 11 is 0. The van der Waals surface area contributed by atoms with Crippen LogP contribution < -0.4 is 10.3 Å². The topological polar surface area (TPSA) is 29.9 Å². The Kier molecular flexibility index (Phi) is 5.32. The molecule has 33 heavy (non-hydrogen) atoms. The van der Waals surface area contributed by atoms with Crippen LogP contribution in [-0.4, -0.2) is 6.54 Å². The Labute approximate surface area is 196 Å². The van der Waals surface area contributed by atoms with Crippen LogP contribution in [0.1, 0.15) is 35.1 Å². The van der Waals surface area contributed by atoms with Gasteiger partial charge in [-0.05, 0) is 67.5 Å². The Balaban J connectivity index is 1.73. The van der Waals surface area contributed by atoms with E-state index >= 15 is 0 Å². The molecule has 2 heteroatoms. The van der Waals surface area contributed by atoms with E-state index in [1.165, 1.54) is 55.9 Å².